The molecular formula is C62H41N5. The van der Waals surface area contributed by atoms with Gasteiger partial charge in [-0.25, -0.2) is 24.9 Å². The second kappa shape index (κ2) is 16.9. The maximum Gasteiger partial charge on any atom is 0.164 e. The van der Waals surface area contributed by atoms with E-state index in [1.807, 2.05) is 66.7 Å². The average Bonchev–Trinajstić information content (AvgIpc) is 3.73. The van der Waals surface area contributed by atoms with Crippen molar-refractivity contribution in [3.05, 3.63) is 271 Å². The van der Waals surface area contributed by atoms with Gasteiger partial charge in [0.2, 0.25) is 0 Å². The van der Waals surface area contributed by atoms with Crippen LogP contribution in [0.2, 0.25) is 0 Å². The van der Waals surface area contributed by atoms with E-state index in [0.717, 1.165) is 55.9 Å². The second-order valence-corrected chi connectivity index (χ2v) is 16.8. The van der Waals surface area contributed by atoms with Crippen molar-refractivity contribution in [2.75, 3.05) is 0 Å². The number of fused-ring (bicyclic) bond motifs is 3. The molecule has 5 nitrogen and oxygen atoms in total. The van der Waals surface area contributed by atoms with Crippen molar-refractivity contribution >= 4 is 0 Å². The molecule has 0 saturated carbocycles. The fraction of sp³-hybridized carbons (Fsp3) is 0.0161. The Morgan fingerprint density at radius 1 is 0.239 bits per heavy atom. The summed E-state index contributed by atoms with van der Waals surface area (Å²) in [6.07, 6.45) is 0. The zero-order valence-corrected chi connectivity index (χ0v) is 36.4. The maximum atomic E-state index is 5.53. The summed E-state index contributed by atoms with van der Waals surface area (Å²) in [7, 11) is 0. The van der Waals surface area contributed by atoms with E-state index >= 15 is 0 Å². The van der Waals surface area contributed by atoms with Crippen LogP contribution in [0.15, 0.2) is 249 Å². The van der Waals surface area contributed by atoms with Crippen LogP contribution in [0, 0.1) is 0 Å². The lowest BCUT2D eigenvalue weighted by molar-refractivity contribution is 0.769. The van der Waals surface area contributed by atoms with Gasteiger partial charge in [-0.1, -0.05) is 231 Å². The Kier molecular flexibility index (Phi) is 9.99. The molecule has 2 aromatic heterocycles. The molecule has 0 radical (unpaired) electrons. The van der Waals surface area contributed by atoms with E-state index in [1.54, 1.807) is 0 Å². The average molecular weight is 856 g/mol. The summed E-state index contributed by atoms with van der Waals surface area (Å²) in [4.78, 5) is 25.9. The van der Waals surface area contributed by atoms with Crippen molar-refractivity contribution < 1.29 is 0 Å². The highest BCUT2D eigenvalue weighted by Crippen LogP contribution is 2.58. The Labute approximate surface area is 389 Å². The SMILES string of the molecule is c1ccc(-c2cc(-c3cccc(-c4cccc(-c5nc(-c6ccccc6)nc(-c6ccccc6)n5)c4)c3)nc(-c3cccc4c3C(c3ccccc3)(c3ccccc3)c3ccccc3-4)n2)cc1. The minimum absolute atomic E-state index is 0.610. The van der Waals surface area contributed by atoms with E-state index in [-0.39, 0.29) is 0 Å². The van der Waals surface area contributed by atoms with Crippen molar-refractivity contribution in [3.8, 4) is 90.3 Å². The van der Waals surface area contributed by atoms with E-state index < -0.39 is 5.41 Å². The Hall–Kier alpha value is -8.93. The smallest absolute Gasteiger partial charge is 0.164 e. The zero-order chi connectivity index (χ0) is 44.6. The zero-order valence-electron chi connectivity index (χ0n) is 36.4. The molecule has 0 spiro atoms. The third kappa shape index (κ3) is 7.11. The first-order chi connectivity index (χ1) is 33.2. The Morgan fingerprint density at radius 2 is 0.627 bits per heavy atom. The van der Waals surface area contributed by atoms with Crippen LogP contribution in [0.1, 0.15) is 22.3 Å². The lowest BCUT2D eigenvalue weighted by atomic mass is 9.66. The van der Waals surface area contributed by atoms with Crippen molar-refractivity contribution in [2.24, 2.45) is 0 Å². The van der Waals surface area contributed by atoms with Gasteiger partial charge in [-0.3, -0.25) is 0 Å². The van der Waals surface area contributed by atoms with E-state index in [9.17, 15) is 0 Å². The Bertz CT molecular complexity index is 3460. The maximum absolute atomic E-state index is 5.53. The molecule has 0 N–H and O–H groups in total. The molecule has 12 rings (SSSR count). The molecule has 1 aliphatic carbocycles. The highest BCUT2D eigenvalue weighted by atomic mass is 15.0. The van der Waals surface area contributed by atoms with E-state index in [2.05, 4.69) is 182 Å². The molecule has 0 amide bonds. The molecular weight excluding hydrogens is 815 g/mol. The van der Waals surface area contributed by atoms with Crippen LogP contribution in [0.3, 0.4) is 0 Å². The van der Waals surface area contributed by atoms with Crippen LogP contribution in [0.4, 0.5) is 0 Å². The molecule has 1 aliphatic rings. The lowest BCUT2D eigenvalue weighted by Gasteiger charge is -2.35. The molecule has 5 heteroatoms. The topological polar surface area (TPSA) is 64.5 Å². The van der Waals surface area contributed by atoms with E-state index in [4.69, 9.17) is 24.9 Å². The summed E-state index contributed by atoms with van der Waals surface area (Å²) in [6.45, 7) is 0. The van der Waals surface area contributed by atoms with Gasteiger partial charge in [-0.05, 0) is 62.7 Å². The quantitative estimate of drug-likeness (QED) is 0.145. The summed E-state index contributed by atoms with van der Waals surface area (Å²) >= 11 is 0. The predicted molar refractivity (Wildman–Crippen MR) is 271 cm³/mol. The number of hydrogen-bond donors (Lipinski definition) is 0. The van der Waals surface area contributed by atoms with Gasteiger partial charge in [-0.2, -0.15) is 0 Å². The van der Waals surface area contributed by atoms with Crippen LogP contribution in [0.5, 0.6) is 0 Å². The number of nitrogens with zero attached hydrogens (tertiary/aromatic N) is 5. The molecule has 314 valence electrons. The van der Waals surface area contributed by atoms with Crippen LogP contribution in [-0.4, -0.2) is 24.9 Å². The number of hydrogen-bond acceptors (Lipinski definition) is 5. The Morgan fingerprint density at radius 3 is 1.21 bits per heavy atom. The van der Waals surface area contributed by atoms with Crippen molar-refractivity contribution in [1.82, 2.24) is 24.9 Å². The van der Waals surface area contributed by atoms with Crippen LogP contribution in [-0.2, 0) is 5.41 Å². The van der Waals surface area contributed by atoms with Crippen molar-refractivity contribution in [3.63, 3.8) is 0 Å². The van der Waals surface area contributed by atoms with Crippen molar-refractivity contribution in [2.45, 2.75) is 5.41 Å². The summed E-state index contributed by atoms with van der Waals surface area (Å²) < 4.78 is 0. The molecule has 0 saturated heterocycles. The van der Waals surface area contributed by atoms with Crippen LogP contribution >= 0.6 is 0 Å². The fourth-order valence-corrected chi connectivity index (χ4v) is 9.80. The predicted octanol–water partition coefficient (Wildman–Crippen LogP) is 14.7. The summed E-state index contributed by atoms with van der Waals surface area (Å²) in [5.74, 6) is 2.54. The number of rotatable bonds is 9. The lowest BCUT2D eigenvalue weighted by Crippen LogP contribution is -2.29. The molecule has 2 heterocycles. The summed E-state index contributed by atoms with van der Waals surface area (Å²) in [6, 6.07) is 87.0. The van der Waals surface area contributed by atoms with Gasteiger partial charge in [0.1, 0.15) is 0 Å². The van der Waals surface area contributed by atoms with Gasteiger partial charge in [0, 0.05) is 33.4 Å². The van der Waals surface area contributed by atoms with Gasteiger partial charge in [0.05, 0.1) is 16.8 Å². The third-order valence-corrected chi connectivity index (χ3v) is 12.8. The van der Waals surface area contributed by atoms with Crippen LogP contribution in [0.25, 0.3) is 90.3 Å². The largest absolute Gasteiger partial charge is 0.228 e. The number of benzene rings is 9. The first-order valence-corrected chi connectivity index (χ1v) is 22.6. The normalized spacial score (nSPS) is 12.3. The first-order valence-electron chi connectivity index (χ1n) is 22.6. The van der Waals surface area contributed by atoms with E-state index in [0.29, 0.717) is 23.3 Å². The van der Waals surface area contributed by atoms with E-state index in [1.165, 1.54) is 33.4 Å². The number of aromatic nitrogens is 5. The highest BCUT2D eigenvalue weighted by molar-refractivity contribution is 5.92. The summed E-state index contributed by atoms with van der Waals surface area (Å²) in [5.41, 5.74) is 16.1. The highest BCUT2D eigenvalue weighted by Gasteiger charge is 2.47. The molecule has 0 unspecified atom stereocenters. The molecule has 11 aromatic rings. The second-order valence-electron chi connectivity index (χ2n) is 16.8. The molecule has 0 aliphatic heterocycles. The fourth-order valence-electron chi connectivity index (χ4n) is 9.80. The van der Waals surface area contributed by atoms with Crippen LogP contribution < -0.4 is 0 Å². The first kappa shape index (κ1) is 39.6. The third-order valence-electron chi connectivity index (χ3n) is 12.8. The molecule has 0 bridgehead atoms. The van der Waals surface area contributed by atoms with Gasteiger partial charge >= 0.3 is 0 Å². The summed E-state index contributed by atoms with van der Waals surface area (Å²) in [5, 5.41) is 0. The Balaban J connectivity index is 1.01. The molecule has 0 atom stereocenters. The van der Waals surface area contributed by atoms with Gasteiger partial charge in [-0.15, -0.1) is 0 Å². The minimum atomic E-state index is -0.621. The molecule has 9 aromatic carbocycles. The van der Waals surface area contributed by atoms with Gasteiger partial charge in [0.15, 0.2) is 23.3 Å². The molecule has 67 heavy (non-hydrogen) atoms. The standard InChI is InChI=1S/C62H41N5/c1-6-21-42(22-7-1)55-41-56(64-61(63-55)53-37-20-36-52-51-35-16-17-38-54(51)62(57(52)53,49-31-12-4-13-32-49)50-33-14-5-15-34-50)47-29-18-27-45(39-47)46-28-19-30-48(40-46)60-66-58(43-23-8-2-9-24-43)65-59(67-60)44-25-10-3-11-26-44/h1-41H. The minimum Gasteiger partial charge on any atom is -0.228 e. The molecule has 0 fully saturated rings. The monoisotopic (exact) mass is 855 g/mol. The van der Waals surface area contributed by atoms with Gasteiger partial charge in [0.25, 0.3) is 0 Å². The van der Waals surface area contributed by atoms with Crippen molar-refractivity contribution in [1.29, 1.82) is 0 Å². The van der Waals surface area contributed by atoms with Gasteiger partial charge < -0.3 is 0 Å².